The molecule has 0 aliphatic heterocycles. The van der Waals surface area contributed by atoms with Crippen LogP contribution in [0.5, 0.6) is 0 Å². The number of H-pyrrole nitrogens is 1. The summed E-state index contributed by atoms with van der Waals surface area (Å²) in [6, 6.07) is 20.0. The Bertz CT molecular complexity index is 1470. The molecule has 0 amide bonds. The maximum atomic E-state index is 10.0. The SMILES string of the molecule is C=C(c1ccc(Cc2ccccc2)cc1C)c1c[nH]c2ncc(C#N)c(NC3CCC(CC)CC3CC)c12. The zero-order valence-corrected chi connectivity index (χ0v) is 22.8. The third-order valence-electron chi connectivity index (χ3n) is 8.54. The van der Waals surface area contributed by atoms with Gasteiger partial charge in [0.2, 0.25) is 0 Å². The first-order chi connectivity index (χ1) is 18.5. The Labute approximate surface area is 226 Å². The van der Waals surface area contributed by atoms with E-state index in [9.17, 15) is 5.26 Å². The molecule has 1 saturated carbocycles. The molecule has 4 heteroatoms. The summed E-state index contributed by atoms with van der Waals surface area (Å²) in [6.07, 6.45) is 10.6. The van der Waals surface area contributed by atoms with Gasteiger partial charge in [-0.2, -0.15) is 5.26 Å². The van der Waals surface area contributed by atoms with Gasteiger partial charge in [0.25, 0.3) is 0 Å². The molecule has 4 nitrogen and oxygen atoms in total. The van der Waals surface area contributed by atoms with Crippen LogP contribution in [0.2, 0.25) is 0 Å². The van der Waals surface area contributed by atoms with Gasteiger partial charge in [-0.05, 0) is 72.3 Å². The molecule has 2 aromatic heterocycles. The van der Waals surface area contributed by atoms with Crippen LogP contribution in [0.25, 0.3) is 16.6 Å². The number of aryl methyl sites for hydroxylation is 1. The molecule has 2 aromatic carbocycles. The van der Waals surface area contributed by atoms with Crippen molar-refractivity contribution in [2.24, 2.45) is 11.8 Å². The molecule has 1 fully saturated rings. The number of pyridine rings is 1. The van der Waals surface area contributed by atoms with Crippen molar-refractivity contribution in [2.75, 3.05) is 5.32 Å². The van der Waals surface area contributed by atoms with E-state index in [0.29, 0.717) is 17.5 Å². The first-order valence-corrected chi connectivity index (χ1v) is 14.0. The van der Waals surface area contributed by atoms with Crippen LogP contribution in [-0.2, 0) is 6.42 Å². The molecule has 0 saturated heterocycles. The van der Waals surface area contributed by atoms with E-state index in [1.54, 1.807) is 6.20 Å². The highest BCUT2D eigenvalue weighted by Crippen LogP contribution is 2.39. The van der Waals surface area contributed by atoms with Crippen molar-refractivity contribution in [3.63, 3.8) is 0 Å². The van der Waals surface area contributed by atoms with Crippen molar-refractivity contribution in [2.45, 2.75) is 65.3 Å². The number of hydrogen-bond donors (Lipinski definition) is 2. The fourth-order valence-electron chi connectivity index (χ4n) is 6.28. The van der Waals surface area contributed by atoms with Crippen LogP contribution in [0.1, 0.15) is 79.3 Å². The molecule has 194 valence electrons. The van der Waals surface area contributed by atoms with Gasteiger partial charge < -0.3 is 10.3 Å². The normalized spacial score (nSPS) is 19.3. The molecule has 0 radical (unpaired) electrons. The van der Waals surface area contributed by atoms with Crippen molar-refractivity contribution in [1.82, 2.24) is 9.97 Å². The van der Waals surface area contributed by atoms with Gasteiger partial charge in [0, 0.05) is 24.0 Å². The lowest BCUT2D eigenvalue weighted by Gasteiger charge is -2.37. The minimum absolute atomic E-state index is 0.357. The lowest BCUT2D eigenvalue weighted by Crippen LogP contribution is -2.35. The Kier molecular flexibility index (Phi) is 7.65. The summed E-state index contributed by atoms with van der Waals surface area (Å²) in [6.45, 7) is 11.3. The Balaban J connectivity index is 1.49. The van der Waals surface area contributed by atoms with E-state index in [0.717, 1.165) is 58.6 Å². The summed E-state index contributed by atoms with van der Waals surface area (Å²) in [5, 5.41) is 14.8. The van der Waals surface area contributed by atoms with E-state index >= 15 is 0 Å². The number of fused-ring (bicyclic) bond motifs is 1. The highest BCUT2D eigenvalue weighted by Gasteiger charge is 2.30. The van der Waals surface area contributed by atoms with E-state index in [-0.39, 0.29) is 0 Å². The highest BCUT2D eigenvalue weighted by molar-refractivity contribution is 6.03. The van der Waals surface area contributed by atoms with Crippen LogP contribution < -0.4 is 5.32 Å². The lowest BCUT2D eigenvalue weighted by atomic mass is 9.75. The van der Waals surface area contributed by atoms with Gasteiger partial charge in [-0.15, -0.1) is 0 Å². The summed E-state index contributed by atoms with van der Waals surface area (Å²) in [4.78, 5) is 7.94. The fraction of sp³-hybridized carbons (Fsp3) is 0.353. The third kappa shape index (κ3) is 5.11. The van der Waals surface area contributed by atoms with E-state index in [1.807, 2.05) is 6.20 Å². The van der Waals surface area contributed by atoms with Crippen molar-refractivity contribution in [3.05, 3.63) is 101 Å². The maximum Gasteiger partial charge on any atom is 0.140 e. The van der Waals surface area contributed by atoms with Gasteiger partial charge >= 0.3 is 0 Å². The quantitative estimate of drug-likeness (QED) is 0.254. The largest absolute Gasteiger partial charge is 0.380 e. The van der Waals surface area contributed by atoms with E-state index in [1.165, 1.54) is 36.0 Å². The lowest BCUT2D eigenvalue weighted by molar-refractivity contribution is 0.235. The molecule has 0 bridgehead atoms. The van der Waals surface area contributed by atoms with E-state index < -0.39 is 0 Å². The van der Waals surface area contributed by atoms with Gasteiger partial charge in [-0.3, -0.25) is 0 Å². The molecule has 0 spiro atoms. The molecule has 1 aliphatic rings. The Morgan fingerprint density at radius 2 is 1.89 bits per heavy atom. The standard InChI is InChI=1S/C34H38N4/c1-5-24-13-15-31(27(6-2)18-24)38-33-28(19-35)20-36-34-32(33)30(21-37-34)23(4)29-14-12-26(16-22(29)3)17-25-10-8-7-9-11-25/h7-12,14,16,20-21,24,27,31H,4-6,13,15,17-18H2,1-3H3,(H2,36,37,38). The van der Waals surface area contributed by atoms with Gasteiger partial charge in [0.05, 0.1) is 16.6 Å². The summed E-state index contributed by atoms with van der Waals surface area (Å²) in [7, 11) is 0. The first kappa shape index (κ1) is 25.8. The molecule has 3 unspecified atom stereocenters. The number of aromatic amines is 1. The van der Waals surface area contributed by atoms with Crippen LogP contribution >= 0.6 is 0 Å². The number of aromatic nitrogens is 2. The predicted octanol–water partition coefficient (Wildman–Crippen LogP) is 8.41. The number of hydrogen-bond acceptors (Lipinski definition) is 3. The summed E-state index contributed by atoms with van der Waals surface area (Å²) < 4.78 is 0. The number of nitriles is 1. The second kappa shape index (κ2) is 11.3. The number of anilines is 1. The molecule has 1 aliphatic carbocycles. The number of nitrogens with zero attached hydrogens (tertiary/aromatic N) is 2. The van der Waals surface area contributed by atoms with E-state index in [4.69, 9.17) is 0 Å². The fourth-order valence-corrected chi connectivity index (χ4v) is 6.28. The highest BCUT2D eigenvalue weighted by atomic mass is 15.0. The molecule has 2 heterocycles. The second-order valence-corrected chi connectivity index (χ2v) is 10.9. The molecule has 38 heavy (non-hydrogen) atoms. The summed E-state index contributed by atoms with van der Waals surface area (Å²) in [5.74, 6) is 1.41. The molecule has 5 rings (SSSR count). The zero-order chi connectivity index (χ0) is 26.6. The number of rotatable bonds is 8. The third-order valence-corrected chi connectivity index (χ3v) is 8.54. The van der Waals surface area contributed by atoms with Gasteiger partial charge in [0.15, 0.2) is 0 Å². The maximum absolute atomic E-state index is 10.0. The van der Waals surface area contributed by atoms with Gasteiger partial charge in [0.1, 0.15) is 11.7 Å². The molecule has 3 atom stereocenters. The predicted molar refractivity (Wildman–Crippen MR) is 158 cm³/mol. The first-order valence-electron chi connectivity index (χ1n) is 14.0. The molecular weight excluding hydrogens is 464 g/mol. The van der Waals surface area contributed by atoms with E-state index in [2.05, 4.69) is 97.2 Å². The van der Waals surface area contributed by atoms with Crippen LogP contribution in [-0.4, -0.2) is 16.0 Å². The summed E-state index contributed by atoms with van der Waals surface area (Å²) in [5.41, 5.74) is 9.12. The topological polar surface area (TPSA) is 64.5 Å². The Morgan fingerprint density at radius 3 is 2.61 bits per heavy atom. The monoisotopic (exact) mass is 502 g/mol. The average molecular weight is 503 g/mol. The molecule has 4 aromatic rings. The van der Waals surface area contributed by atoms with Crippen molar-refractivity contribution >= 4 is 22.3 Å². The van der Waals surface area contributed by atoms with Crippen molar-refractivity contribution in [3.8, 4) is 6.07 Å². The minimum Gasteiger partial charge on any atom is -0.380 e. The smallest absolute Gasteiger partial charge is 0.140 e. The van der Waals surface area contributed by atoms with Crippen molar-refractivity contribution in [1.29, 1.82) is 5.26 Å². The number of nitrogens with one attached hydrogen (secondary N) is 2. The van der Waals surface area contributed by atoms with Crippen LogP contribution in [0, 0.1) is 30.1 Å². The zero-order valence-electron chi connectivity index (χ0n) is 22.8. The molecular formula is C34H38N4. The minimum atomic E-state index is 0.357. The average Bonchev–Trinajstić information content (AvgIpc) is 3.38. The van der Waals surface area contributed by atoms with Gasteiger partial charge in [-0.25, -0.2) is 4.98 Å². The Hall–Kier alpha value is -3.84. The molecule has 2 N–H and O–H groups in total. The van der Waals surface area contributed by atoms with Crippen LogP contribution in [0.15, 0.2) is 67.5 Å². The summed E-state index contributed by atoms with van der Waals surface area (Å²) >= 11 is 0. The van der Waals surface area contributed by atoms with Crippen LogP contribution in [0.4, 0.5) is 5.69 Å². The van der Waals surface area contributed by atoms with Gasteiger partial charge in [-0.1, -0.05) is 81.8 Å². The van der Waals surface area contributed by atoms with Crippen molar-refractivity contribution < 1.29 is 0 Å². The second-order valence-electron chi connectivity index (χ2n) is 10.9. The number of benzene rings is 2. The Morgan fingerprint density at radius 1 is 1.08 bits per heavy atom. The van der Waals surface area contributed by atoms with Crippen LogP contribution in [0.3, 0.4) is 0 Å².